The zero-order chi connectivity index (χ0) is 11.3. The molecule has 0 atom stereocenters. The van der Waals surface area contributed by atoms with Crippen molar-refractivity contribution >= 4 is 23.6 Å². The van der Waals surface area contributed by atoms with E-state index in [1.165, 1.54) is 13.0 Å². The highest BCUT2D eigenvalue weighted by Gasteiger charge is 1.94. The van der Waals surface area contributed by atoms with Gasteiger partial charge in [-0.25, -0.2) is 4.79 Å². The molecule has 1 amide bonds. The number of rotatable bonds is 3. The summed E-state index contributed by atoms with van der Waals surface area (Å²) in [5, 5.41) is 11.0. The van der Waals surface area contributed by atoms with Gasteiger partial charge >= 0.3 is 5.97 Å². The molecular formula is C12H15NO3. The molecule has 1 rings (SSSR count). The van der Waals surface area contributed by atoms with E-state index >= 15 is 0 Å². The van der Waals surface area contributed by atoms with Crippen LogP contribution in [0, 0.1) is 0 Å². The number of carbonyl (C=O) groups excluding carboxylic acids is 1. The van der Waals surface area contributed by atoms with Gasteiger partial charge in [-0.15, -0.1) is 0 Å². The SMILES string of the molecule is C.CC(=O)Nc1ccc(/C=C/C(=O)O)cc1. The van der Waals surface area contributed by atoms with Crippen LogP contribution in [-0.2, 0) is 9.59 Å². The third-order valence-electron chi connectivity index (χ3n) is 1.65. The predicted molar refractivity (Wildman–Crippen MR) is 64.1 cm³/mol. The molecule has 0 unspecified atom stereocenters. The Bertz CT molecular complexity index is 393. The van der Waals surface area contributed by atoms with Gasteiger partial charge in [-0.2, -0.15) is 0 Å². The van der Waals surface area contributed by atoms with Gasteiger partial charge in [0.2, 0.25) is 5.91 Å². The van der Waals surface area contributed by atoms with Crippen molar-refractivity contribution in [2.45, 2.75) is 14.4 Å². The Morgan fingerprint density at radius 1 is 1.25 bits per heavy atom. The van der Waals surface area contributed by atoms with Crippen LogP contribution in [0.4, 0.5) is 5.69 Å². The molecule has 16 heavy (non-hydrogen) atoms. The molecule has 1 aromatic carbocycles. The number of aliphatic carboxylic acids is 1. The fourth-order valence-electron chi connectivity index (χ4n) is 1.05. The topological polar surface area (TPSA) is 66.4 Å². The fourth-order valence-corrected chi connectivity index (χ4v) is 1.05. The fraction of sp³-hybridized carbons (Fsp3) is 0.167. The Kier molecular flexibility index (Phi) is 5.56. The highest BCUT2D eigenvalue weighted by Crippen LogP contribution is 2.10. The lowest BCUT2D eigenvalue weighted by molar-refractivity contribution is -0.131. The minimum atomic E-state index is -0.985. The number of anilines is 1. The minimum Gasteiger partial charge on any atom is -0.478 e. The third-order valence-corrected chi connectivity index (χ3v) is 1.65. The highest BCUT2D eigenvalue weighted by atomic mass is 16.4. The van der Waals surface area contributed by atoms with Gasteiger partial charge < -0.3 is 10.4 Å². The van der Waals surface area contributed by atoms with Crippen LogP contribution in [0.1, 0.15) is 19.9 Å². The minimum absolute atomic E-state index is 0. The summed E-state index contributed by atoms with van der Waals surface area (Å²) in [4.78, 5) is 21.0. The van der Waals surface area contributed by atoms with Crippen molar-refractivity contribution < 1.29 is 14.7 Å². The maximum atomic E-state index is 10.7. The normalized spacial score (nSPS) is 9.56. The quantitative estimate of drug-likeness (QED) is 0.770. The van der Waals surface area contributed by atoms with Crippen molar-refractivity contribution in [1.29, 1.82) is 0 Å². The van der Waals surface area contributed by atoms with E-state index < -0.39 is 5.97 Å². The summed E-state index contributed by atoms with van der Waals surface area (Å²) in [6.45, 7) is 1.43. The van der Waals surface area contributed by atoms with Crippen molar-refractivity contribution in [2.24, 2.45) is 0 Å². The summed E-state index contributed by atoms with van der Waals surface area (Å²) in [5.74, 6) is -1.12. The van der Waals surface area contributed by atoms with Crippen LogP contribution in [0.5, 0.6) is 0 Å². The largest absolute Gasteiger partial charge is 0.478 e. The Morgan fingerprint density at radius 2 is 1.81 bits per heavy atom. The standard InChI is InChI=1S/C11H11NO3.CH4/c1-8(13)12-10-5-2-9(3-6-10)4-7-11(14)15;/h2-7H,1H3,(H,12,13)(H,14,15);1H4/b7-4+;. The summed E-state index contributed by atoms with van der Waals surface area (Å²) in [5.41, 5.74) is 1.46. The van der Waals surface area contributed by atoms with E-state index in [1.54, 1.807) is 24.3 Å². The van der Waals surface area contributed by atoms with Crippen LogP contribution in [0.2, 0.25) is 0 Å². The van der Waals surface area contributed by atoms with E-state index in [0.29, 0.717) is 5.69 Å². The first kappa shape index (κ1) is 13.9. The molecule has 2 N–H and O–H groups in total. The van der Waals surface area contributed by atoms with Gasteiger partial charge in [-0.1, -0.05) is 19.6 Å². The van der Waals surface area contributed by atoms with Gasteiger partial charge in [0, 0.05) is 18.7 Å². The lowest BCUT2D eigenvalue weighted by Crippen LogP contribution is -2.05. The molecule has 0 spiro atoms. The number of hydrogen-bond donors (Lipinski definition) is 2. The summed E-state index contributed by atoms with van der Waals surface area (Å²) < 4.78 is 0. The van der Waals surface area contributed by atoms with Crippen molar-refractivity contribution in [3.8, 4) is 0 Å². The molecule has 0 aliphatic rings. The molecule has 86 valence electrons. The first-order valence-electron chi connectivity index (χ1n) is 4.36. The number of carboxylic acids is 1. The number of carboxylic acid groups (broad SMARTS) is 1. The second-order valence-corrected chi connectivity index (χ2v) is 2.97. The van der Waals surface area contributed by atoms with Gasteiger partial charge in [0.15, 0.2) is 0 Å². The van der Waals surface area contributed by atoms with Gasteiger partial charge in [0.25, 0.3) is 0 Å². The van der Waals surface area contributed by atoms with E-state index in [2.05, 4.69) is 5.32 Å². The van der Waals surface area contributed by atoms with E-state index in [-0.39, 0.29) is 13.3 Å². The molecule has 0 saturated heterocycles. The molecule has 0 saturated carbocycles. The average molecular weight is 221 g/mol. The van der Waals surface area contributed by atoms with Crippen molar-refractivity contribution in [1.82, 2.24) is 0 Å². The van der Waals surface area contributed by atoms with Crippen molar-refractivity contribution in [3.63, 3.8) is 0 Å². The van der Waals surface area contributed by atoms with E-state index in [9.17, 15) is 9.59 Å². The summed E-state index contributed by atoms with van der Waals surface area (Å²) in [6, 6.07) is 6.88. The third kappa shape index (κ3) is 4.95. The maximum Gasteiger partial charge on any atom is 0.328 e. The molecule has 4 nitrogen and oxygen atoms in total. The van der Waals surface area contributed by atoms with Crippen LogP contribution < -0.4 is 5.32 Å². The summed E-state index contributed by atoms with van der Waals surface area (Å²) in [6.07, 6.45) is 2.55. The molecule has 0 radical (unpaired) electrons. The van der Waals surface area contributed by atoms with Crippen LogP contribution in [0.15, 0.2) is 30.3 Å². The zero-order valence-corrected chi connectivity index (χ0v) is 8.23. The van der Waals surface area contributed by atoms with E-state index in [4.69, 9.17) is 5.11 Å². The van der Waals surface area contributed by atoms with E-state index in [0.717, 1.165) is 11.6 Å². The second kappa shape index (κ2) is 6.40. The summed E-state index contributed by atoms with van der Waals surface area (Å²) in [7, 11) is 0. The Labute approximate surface area is 94.6 Å². The maximum absolute atomic E-state index is 10.7. The molecule has 0 aliphatic heterocycles. The first-order valence-corrected chi connectivity index (χ1v) is 4.36. The number of carbonyl (C=O) groups is 2. The van der Waals surface area contributed by atoms with Gasteiger partial charge in [0.05, 0.1) is 0 Å². The van der Waals surface area contributed by atoms with E-state index in [1.807, 2.05) is 0 Å². The number of nitrogens with one attached hydrogen (secondary N) is 1. The molecular weight excluding hydrogens is 206 g/mol. The molecule has 0 heterocycles. The average Bonchev–Trinajstić information content (AvgIpc) is 2.16. The summed E-state index contributed by atoms with van der Waals surface area (Å²) >= 11 is 0. The van der Waals surface area contributed by atoms with Gasteiger partial charge in [0.1, 0.15) is 0 Å². The molecule has 0 aromatic heterocycles. The molecule has 4 heteroatoms. The smallest absolute Gasteiger partial charge is 0.328 e. The lowest BCUT2D eigenvalue weighted by atomic mass is 10.2. The predicted octanol–water partition coefficient (Wildman–Crippen LogP) is 2.38. The monoisotopic (exact) mass is 221 g/mol. The molecule has 0 bridgehead atoms. The second-order valence-electron chi connectivity index (χ2n) is 2.97. The van der Waals surface area contributed by atoms with Crippen molar-refractivity contribution in [3.05, 3.63) is 35.9 Å². The molecule has 1 aromatic rings. The Balaban J connectivity index is 0.00000225. The van der Waals surface area contributed by atoms with Crippen LogP contribution >= 0.6 is 0 Å². The number of hydrogen-bond acceptors (Lipinski definition) is 2. The zero-order valence-electron chi connectivity index (χ0n) is 8.23. The Morgan fingerprint density at radius 3 is 2.25 bits per heavy atom. The van der Waals surface area contributed by atoms with Gasteiger partial charge in [-0.05, 0) is 23.8 Å². The van der Waals surface area contributed by atoms with Gasteiger partial charge in [-0.3, -0.25) is 4.79 Å². The van der Waals surface area contributed by atoms with Crippen LogP contribution in [0.25, 0.3) is 6.08 Å². The highest BCUT2D eigenvalue weighted by molar-refractivity contribution is 5.89. The van der Waals surface area contributed by atoms with Crippen LogP contribution in [0.3, 0.4) is 0 Å². The Hall–Kier alpha value is -2.10. The number of amides is 1. The van der Waals surface area contributed by atoms with Crippen LogP contribution in [-0.4, -0.2) is 17.0 Å². The molecule has 0 fully saturated rings. The lowest BCUT2D eigenvalue weighted by Gasteiger charge is -2.01. The first-order chi connectivity index (χ1) is 7.08. The number of benzene rings is 1. The molecule has 0 aliphatic carbocycles. The van der Waals surface area contributed by atoms with Crippen molar-refractivity contribution in [2.75, 3.05) is 5.32 Å².